The lowest BCUT2D eigenvalue weighted by Gasteiger charge is -2.19. The van der Waals surface area contributed by atoms with Gasteiger partial charge in [0.2, 0.25) is 0 Å². The molecule has 1 aliphatic rings. The number of hydrogen-bond donors (Lipinski definition) is 1. The Morgan fingerprint density at radius 2 is 2.18 bits per heavy atom. The van der Waals surface area contributed by atoms with Gasteiger partial charge in [-0.2, -0.15) is 4.98 Å². The number of imidazole rings is 1. The van der Waals surface area contributed by atoms with Gasteiger partial charge in [-0.1, -0.05) is 0 Å². The van der Waals surface area contributed by atoms with Crippen molar-refractivity contribution in [2.24, 2.45) is 0 Å². The van der Waals surface area contributed by atoms with Gasteiger partial charge in [0, 0.05) is 19.1 Å². The highest BCUT2D eigenvalue weighted by Gasteiger charge is 2.21. The van der Waals surface area contributed by atoms with Crippen molar-refractivity contribution in [3.63, 3.8) is 0 Å². The molecular weight excluding hydrogens is 220 g/mol. The number of fused-ring (bicyclic) bond motifs is 1. The molecule has 1 fully saturated rings. The second-order valence-corrected chi connectivity index (χ2v) is 4.33. The van der Waals surface area contributed by atoms with Gasteiger partial charge in [0.15, 0.2) is 6.29 Å². The summed E-state index contributed by atoms with van der Waals surface area (Å²) < 4.78 is 6.98. The van der Waals surface area contributed by atoms with Crippen LogP contribution in [0.4, 0.5) is 0 Å². The van der Waals surface area contributed by atoms with Crippen LogP contribution in [0.5, 0.6) is 0 Å². The SMILES string of the molecule is Cc1nc2nc(C3CCOCC3)[nH]n2c1C=O. The van der Waals surface area contributed by atoms with Gasteiger partial charge in [0.05, 0.1) is 5.69 Å². The number of aldehydes is 1. The molecule has 1 saturated heterocycles. The Hall–Kier alpha value is -1.69. The molecule has 0 aromatic carbocycles. The maximum absolute atomic E-state index is 11.0. The molecule has 0 saturated carbocycles. The predicted octanol–water partition coefficient (Wildman–Crippen LogP) is 1.07. The maximum Gasteiger partial charge on any atom is 0.251 e. The Labute approximate surface area is 98.0 Å². The van der Waals surface area contributed by atoms with Gasteiger partial charge in [-0.25, -0.2) is 9.50 Å². The number of carbonyl (C=O) groups excluding carboxylic acids is 1. The summed E-state index contributed by atoms with van der Waals surface area (Å²) in [6, 6.07) is 0. The van der Waals surface area contributed by atoms with Gasteiger partial charge in [-0.15, -0.1) is 0 Å². The molecule has 6 nitrogen and oxygen atoms in total. The lowest BCUT2D eigenvalue weighted by atomic mass is 10.00. The topological polar surface area (TPSA) is 72.3 Å². The lowest BCUT2D eigenvalue weighted by molar-refractivity contribution is 0.0836. The monoisotopic (exact) mass is 234 g/mol. The summed E-state index contributed by atoms with van der Waals surface area (Å²) >= 11 is 0. The second kappa shape index (κ2) is 3.96. The fraction of sp³-hybridized carbons (Fsp3) is 0.545. The van der Waals surface area contributed by atoms with Crippen LogP contribution in [-0.2, 0) is 4.74 Å². The van der Waals surface area contributed by atoms with E-state index in [2.05, 4.69) is 15.1 Å². The average Bonchev–Trinajstić information content (AvgIpc) is 2.86. The van der Waals surface area contributed by atoms with Gasteiger partial charge >= 0.3 is 0 Å². The van der Waals surface area contributed by atoms with E-state index in [0.29, 0.717) is 23.1 Å². The van der Waals surface area contributed by atoms with Gasteiger partial charge in [0.1, 0.15) is 11.5 Å². The first-order chi connectivity index (χ1) is 8.29. The molecule has 3 rings (SSSR count). The Morgan fingerprint density at radius 3 is 2.88 bits per heavy atom. The maximum atomic E-state index is 11.0. The lowest BCUT2D eigenvalue weighted by Crippen LogP contribution is -2.15. The van der Waals surface area contributed by atoms with Crippen LogP contribution in [0.25, 0.3) is 5.78 Å². The number of nitrogens with one attached hydrogen (secondary N) is 1. The average molecular weight is 234 g/mol. The third kappa shape index (κ3) is 1.64. The summed E-state index contributed by atoms with van der Waals surface area (Å²) in [5.74, 6) is 1.86. The zero-order chi connectivity index (χ0) is 11.8. The van der Waals surface area contributed by atoms with Crippen LogP contribution in [0.2, 0.25) is 0 Å². The molecule has 0 bridgehead atoms. The molecule has 2 aromatic rings. The summed E-state index contributed by atoms with van der Waals surface area (Å²) in [7, 11) is 0. The van der Waals surface area contributed by atoms with Crippen molar-refractivity contribution in [3.05, 3.63) is 17.2 Å². The highest BCUT2D eigenvalue weighted by molar-refractivity contribution is 5.75. The number of H-pyrrole nitrogens is 1. The fourth-order valence-electron chi connectivity index (χ4n) is 2.25. The molecule has 6 heteroatoms. The quantitative estimate of drug-likeness (QED) is 0.789. The smallest absolute Gasteiger partial charge is 0.251 e. The van der Waals surface area contributed by atoms with Crippen LogP contribution < -0.4 is 0 Å². The molecule has 0 aliphatic carbocycles. The second-order valence-electron chi connectivity index (χ2n) is 4.33. The molecule has 90 valence electrons. The van der Waals surface area contributed by atoms with Crippen LogP contribution in [0.15, 0.2) is 0 Å². The summed E-state index contributed by atoms with van der Waals surface area (Å²) in [5, 5.41) is 3.16. The van der Waals surface area contributed by atoms with Crippen molar-refractivity contribution in [1.29, 1.82) is 0 Å². The molecule has 1 aliphatic heterocycles. The highest BCUT2D eigenvalue weighted by Crippen LogP contribution is 2.24. The van der Waals surface area contributed by atoms with E-state index in [1.807, 2.05) is 0 Å². The number of aromatic amines is 1. The van der Waals surface area contributed by atoms with Gasteiger partial charge in [0.25, 0.3) is 5.78 Å². The third-order valence-electron chi connectivity index (χ3n) is 3.25. The van der Waals surface area contributed by atoms with E-state index in [4.69, 9.17) is 4.74 Å². The number of nitrogens with zero attached hydrogens (tertiary/aromatic N) is 3. The number of ether oxygens (including phenoxy) is 1. The van der Waals surface area contributed by atoms with E-state index in [1.54, 1.807) is 11.4 Å². The zero-order valence-electron chi connectivity index (χ0n) is 9.64. The number of aryl methyl sites for hydroxylation is 1. The zero-order valence-corrected chi connectivity index (χ0v) is 9.64. The Kier molecular flexibility index (Phi) is 2.44. The normalized spacial score (nSPS) is 17.7. The van der Waals surface area contributed by atoms with Crippen molar-refractivity contribution in [2.75, 3.05) is 13.2 Å². The molecule has 0 radical (unpaired) electrons. The molecule has 3 heterocycles. The molecule has 17 heavy (non-hydrogen) atoms. The largest absolute Gasteiger partial charge is 0.381 e. The van der Waals surface area contributed by atoms with E-state index in [-0.39, 0.29) is 0 Å². The van der Waals surface area contributed by atoms with Gasteiger partial charge in [-0.05, 0) is 19.8 Å². The molecule has 1 N–H and O–H groups in total. The van der Waals surface area contributed by atoms with Crippen LogP contribution in [0, 0.1) is 6.92 Å². The van der Waals surface area contributed by atoms with Gasteiger partial charge < -0.3 is 4.74 Å². The van der Waals surface area contributed by atoms with E-state index >= 15 is 0 Å². The summed E-state index contributed by atoms with van der Waals surface area (Å²) in [5.41, 5.74) is 1.25. The van der Waals surface area contributed by atoms with E-state index < -0.39 is 0 Å². The van der Waals surface area contributed by atoms with Crippen LogP contribution in [0.1, 0.15) is 40.8 Å². The first-order valence-electron chi connectivity index (χ1n) is 5.77. The Morgan fingerprint density at radius 1 is 1.41 bits per heavy atom. The van der Waals surface area contributed by atoms with Crippen LogP contribution in [-0.4, -0.2) is 39.1 Å². The first kappa shape index (κ1) is 10.5. The number of rotatable bonds is 2. The van der Waals surface area contributed by atoms with Crippen molar-refractivity contribution in [2.45, 2.75) is 25.7 Å². The van der Waals surface area contributed by atoms with Gasteiger partial charge in [-0.3, -0.25) is 9.89 Å². The first-order valence-corrected chi connectivity index (χ1v) is 5.77. The van der Waals surface area contributed by atoms with E-state index in [9.17, 15) is 4.79 Å². The van der Waals surface area contributed by atoms with Crippen molar-refractivity contribution in [1.82, 2.24) is 19.6 Å². The Balaban J connectivity index is 2.01. The standard InChI is InChI=1S/C11H14N4O2/c1-7-9(6-16)15-11(12-7)13-10(14-15)8-2-4-17-5-3-8/h6,8H,2-5H2,1H3,(H,12,13,14). The van der Waals surface area contributed by atoms with Crippen LogP contribution >= 0.6 is 0 Å². The van der Waals surface area contributed by atoms with E-state index in [1.165, 1.54) is 0 Å². The minimum Gasteiger partial charge on any atom is -0.381 e. The predicted molar refractivity (Wildman–Crippen MR) is 60.3 cm³/mol. The third-order valence-corrected chi connectivity index (χ3v) is 3.25. The summed E-state index contributed by atoms with van der Waals surface area (Å²) in [6.45, 7) is 3.35. The minimum absolute atomic E-state index is 0.380. The van der Waals surface area contributed by atoms with E-state index in [0.717, 1.165) is 38.2 Å². The fourth-order valence-corrected chi connectivity index (χ4v) is 2.25. The molecule has 0 spiro atoms. The highest BCUT2D eigenvalue weighted by atomic mass is 16.5. The summed E-state index contributed by atoms with van der Waals surface area (Å²) in [4.78, 5) is 19.7. The van der Waals surface area contributed by atoms with Crippen molar-refractivity contribution >= 4 is 12.1 Å². The van der Waals surface area contributed by atoms with Crippen LogP contribution in [0.3, 0.4) is 0 Å². The number of aromatic nitrogens is 4. The van der Waals surface area contributed by atoms with Crippen molar-refractivity contribution < 1.29 is 9.53 Å². The molecule has 0 atom stereocenters. The molecule has 0 unspecified atom stereocenters. The Bertz CT molecular complexity index is 551. The number of carbonyl (C=O) groups is 1. The minimum atomic E-state index is 0.380. The molecule has 0 amide bonds. The molecular formula is C11H14N4O2. The molecule has 2 aromatic heterocycles. The van der Waals surface area contributed by atoms with Crippen molar-refractivity contribution in [3.8, 4) is 0 Å². The summed E-state index contributed by atoms with van der Waals surface area (Å²) in [6.07, 6.45) is 2.74. The number of hydrogen-bond acceptors (Lipinski definition) is 4.